The molecule has 0 atom stereocenters. The molecule has 0 radical (unpaired) electrons. The van der Waals surface area contributed by atoms with Crippen molar-refractivity contribution in [2.45, 2.75) is 26.4 Å². The Kier molecular flexibility index (Phi) is 5.55. The summed E-state index contributed by atoms with van der Waals surface area (Å²) < 4.78 is 17.1. The Balaban J connectivity index is 1.43. The van der Waals surface area contributed by atoms with Crippen LogP contribution < -0.4 is 0 Å². The molecule has 0 N–H and O–H groups in total. The fraction of sp³-hybridized carbons (Fsp3) is 0.222. The SMILES string of the molecule is Cc1cc([N+](=O)[O-])nn1Cc1nnc(Cc2ccn(Cc3c(F)cccc3Cl)n2)s1. The van der Waals surface area contributed by atoms with Crippen LogP contribution in [0.3, 0.4) is 0 Å². The number of rotatable bonds is 7. The first kappa shape index (κ1) is 20.1. The molecule has 0 aliphatic rings. The summed E-state index contributed by atoms with van der Waals surface area (Å²) in [5.41, 5.74) is 1.82. The molecule has 0 amide bonds. The van der Waals surface area contributed by atoms with Crippen LogP contribution >= 0.6 is 22.9 Å². The van der Waals surface area contributed by atoms with Crippen molar-refractivity contribution < 1.29 is 9.31 Å². The molecule has 0 unspecified atom stereocenters. The van der Waals surface area contributed by atoms with Crippen LogP contribution in [-0.2, 0) is 19.5 Å². The quantitative estimate of drug-likeness (QED) is 0.316. The van der Waals surface area contributed by atoms with Crippen molar-refractivity contribution in [2.75, 3.05) is 0 Å². The molecular weight excluding hydrogens is 433 g/mol. The molecule has 0 fully saturated rings. The van der Waals surface area contributed by atoms with Crippen LogP contribution in [0.2, 0.25) is 5.02 Å². The number of aryl methyl sites for hydroxylation is 1. The molecule has 9 nitrogen and oxygen atoms in total. The van der Waals surface area contributed by atoms with Gasteiger partial charge in [0.2, 0.25) is 0 Å². The number of hydrogen-bond acceptors (Lipinski definition) is 7. The van der Waals surface area contributed by atoms with Crippen molar-refractivity contribution in [3.8, 4) is 0 Å². The maximum Gasteiger partial charge on any atom is 0.390 e. The van der Waals surface area contributed by atoms with E-state index in [1.807, 2.05) is 6.07 Å². The second-order valence-corrected chi connectivity index (χ2v) is 8.08. The minimum Gasteiger partial charge on any atom is -0.358 e. The van der Waals surface area contributed by atoms with E-state index in [0.717, 1.165) is 10.7 Å². The number of halogens is 2. The molecule has 0 bridgehead atoms. The van der Waals surface area contributed by atoms with Gasteiger partial charge in [0, 0.05) is 23.2 Å². The largest absolute Gasteiger partial charge is 0.390 e. The van der Waals surface area contributed by atoms with Crippen molar-refractivity contribution in [3.63, 3.8) is 0 Å². The third kappa shape index (κ3) is 4.36. The Hall–Kier alpha value is -3.18. The summed E-state index contributed by atoms with van der Waals surface area (Å²) in [6, 6.07) is 7.81. The van der Waals surface area contributed by atoms with E-state index in [1.54, 1.807) is 29.9 Å². The second kappa shape index (κ2) is 8.28. The van der Waals surface area contributed by atoms with Gasteiger partial charge in [-0.15, -0.1) is 10.2 Å². The average Bonchev–Trinajstić information content (AvgIpc) is 3.41. The molecular formula is C18H15ClFN7O2S. The molecule has 0 aliphatic carbocycles. The minimum absolute atomic E-state index is 0.197. The summed E-state index contributed by atoms with van der Waals surface area (Å²) in [5, 5.41) is 29.3. The zero-order chi connectivity index (χ0) is 21.3. The van der Waals surface area contributed by atoms with Gasteiger partial charge < -0.3 is 10.1 Å². The highest BCUT2D eigenvalue weighted by molar-refractivity contribution is 7.11. The van der Waals surface area contributed by atoms with Gasteiger partial charge in [-0.25, -0.2) is 4.39 Å². The molecule has 3 heterocycles. The summed E-state index contributed by atoms with van der Waals surface area (Å²) in [5.74, 6) is -0.569. The lowest BCUT2D eigenvalue weighted by atomic mass is 10.2. The van der Waals surface area contributed by atoms with Gasteiger partial charge in [0.25, 0.3) is 0 Å². The van der Waals surface area contributed by atoms with E-state index in [-0.39, 0.29) is 18.2 Å². The maximum absolute atomic E-state index is 14.0. The van der Waals surface area contributed by atoms with E-state index in [9.17, 15) is 14.5 Å². The Labute approximate surface area is 178 Å². The third-order valence-corrected chi connectivity index (χ3v) is 5.62. The van der Waals surface area contributed by atoms with Crippen LogP contribution in [0.1, 0.15) is 27.0 Å². The van der Waals surface area contributed by atoms with Crippen LogP contribution in [0.5, 0.6) is 0 Å². The van der Waals surface area contributed by atoms with Gasteiger partial charge >= 0.3 is 5.82 Å². The van der Waals surface area contributed by atoms with E-state index in [4.69, 9.17) is 11.6 Å². The lowest BCUT2D eigenvalue weighted by molar-refractivity contribution is -0.389. The lowest BCUT2D eigenvalue weighted by Crippen LogP contribution is -2.04. The molecule has 4 aromatic rings. The van der Waals surface area contributed by atoms with Gasteiger partial charge in [0.05, 0.1) is 29.1 Å². The Morgan fingerprint density at radius 3 is 2.73 bits per heavy atom. The Bertz CT molecular complexity index is 1200. The Morgan fingerprint density at radius 1 is 1.20 bits per heavy atom. The van der Waals surface area contributed by atoms with E-state index >= 15 is 0 Å². The molecule has 154 valence electrons. The summed E-state index contributed by atoms with van der Waals surface area (Å²) in [6.07, 6.45) is 2.22. The van der Waals surface area contributed by atoms with Gasteiger partial charge in [-0.3, -0.25) is 4.68 Å². The summed E-state index contributed by atoms with van der Waals surface area (Å²) in [6.45, 7) is 2.28. The molecule has 1 aromatic carbocycles. The zero-order valence-corrected chi connectivity index (χ0v) is 17.3. The maximum atomic E-state index is 14.0. The number of nitrogens with zero attached hydrogens (tertiary/aromatic N) is 7. The number of benzene rings is 1. The van der Waals surface area contributed by atoms with Crippen LogP contribution in [0.15, 0.2) is 36.5 Å². The smallest absolute Gasteiger partial charge is 0.358 e. The van der Waals surface area contributed by atoms with Gasteiger partial charge in [-0.05, 0) is 30.0 Å². The van der Waals surface area contributed by atoms with E-state index in [0.29, 0.717) is 34.3 Å². The number of nitro groups is 1. The first-order valence-corrected chi connectivity index (χ1v) is 10.0. The van der Waals surface area contributed by atoms with Crippen LogP contribution in [-0.4, -0.2) is 34.7 Å². The van der Waals surface area contributed by atoms with Crippen LogP contribution in [0.25, 0.3) is 0 Å². The van der Waals surface area contributed by atoms with E-state index in [1.165, 1.54) is 28.2 Å². The van der Waals surface area contributed by atoms with E-state index in [2.05, 4.69) is 20.4 Å². The van der Waals surface area contributed by atoms with Crippen LogP contribution in [0, 0.1) is 22.9 Å². The van der Waals surface area contributed by atoms with Crippen molar-refractivity contribution in [1.82, 2.24) is 29.8 Å². The zero-order valence-electron chi connectivity index (χ0n) is 15.7. The van der Waals surface area contributed by atoms with Gasteiger partial charge in [0.1, 0.15) is 22.4 Å². The van der Waals surface area contributed by atoms with Crippen molar-refractivity contribution >= 4 is 28.8 Å². The minimum atomic E-state index is -0.528. The predicted molar refractivity (Wildman–Crippen MR) is 108 cm³/mol. The summed E-state index contributed by atoms with van der Waals surface area (Å²) in [4.78, 5) is 10.3. The van der Waals surface area contributed by atoms with Crippen molar-refractivity contribution in [1.29, 1.82) is 0 Å². The van der Waals surface area contributed by atoms with Gasteiger partial charge in [0.15, 0.2) is 0 Å². The third-order valence-electron chi connectivity index (χ3n) is 4.36. The van der Waals surface area contributed by atoms with Gasteiger partial charge in [-0.2, -0.15) is 9.78 Å². The number of aromatic nitrogens is 6. The first-order valence-electron chi connectivity index (χ1n) is 8.84. The predicted octanol–water partition coefficient (Wildman–Crippen LogP) is 3.63. The molecule has 3 aromatic heterocycles. The summed E-state index contributed by atoms with van der Waals surface area (Å²) >= 11 is 7.46. The molecule has 4 rings (SSSR count). The fourth-order valence-corrected chi connectivity index (χ4v) is 3.95. The van der Waals surface area contributed by atoms with Crippen molar-refractivity contribution in [2.24, 2.45) is 0 Å². The van der Waals surface area contributed by atoms with E-state index < -0.39 is 4.92 Å². The highest BCUT2D eigenvalue weighted by Gasteiger charge is 2.17. The van der Waals surface area contributed by atoms with Gasteiger partial charge in [-0.1, -0.05) is 29.0 Å². The molecule has 30 heavy (non-hydrogen) atoms. The lowest BCUT2D eigenvalue weighted by Gasteiger charge is -2.05. The van der Waals surface area contributed by atoms with Crippen molar-refractivity contribution in [3.05, 3.63) is 84.4 Å². The highest BCUT2D eigenvalue weighted by Crippen LogP contribution is 2.21. The fourth-order valence-electron chi connectivity index (χ4n) is 2.88. The normalized spacial score (nSPS) is 11.2. The Morgan fingerprint density at radius 2 is 2.00 bits per heavy atom. The molecule has 0 saturated heterocycles. The molecule has 0 spiro atoms. The summed E-state index contributed by atoms with van der Waals surface area (Å²) in [7, 11) is 0. The molecule has 0 aliphatic heterocycles. The average molecular weight is 448 g/mol. The first-order chi connectivity index (χ1) is 14.4. The molecule has 12 heteroatoms. The van der Waals surface area contributed by atoms with Crippen LogP contribution in [0.4, 0.5) is 10.2 Å². The standard InChI is InChI=1S/C18H15ClFN7O2S/c1-11-7-16(27(28)29)24-26(11)10-18-22-21-17(30-18)8-12-5-6-25(23-12)9-13-14(19)3-2-4-15(13)20/h2-7H,8-10H2,1H3. The second-order valence-electron chi connectivity index (χ2n) is 6.53. The number of hydrogen-bond donors (Lipinski definition) is 0. The molecule has 0 saturated carbocycles. The topological polar surface area (TPSA) is 105 Å². The highest BCUT2D eigenvalue weighted by atomic mass is 35.5. The monoisotopic (exact) mass is 447 g/mol.